The van der Waals surface area contributed by atoms with Gasteiger partial charge in [0.15, 0.2) is 5.58 Å². The molecule has 2 heterocycles. The van der Waals surface area contributed by atoms with Gasteiger partial charge in [-0.05, 0) is 63.4 Å². The lowest BCUT2D eigenvalue weighted by Crippen LogP contribution is -2.36. The summed E-state index contributed by atoms with van der Waals surface area (Å²) in [5, 5.41) is 0. The van der Waals surface area contributed by atoms with Crippen molar-refractivity contribution in [1.82, 2.24) is 9.47 Å². The van der Waals surface area contributed by atoms with E-state index in [1.807, 2.05) is 24.3 Å². The summed E-state index contributed by atoms with van der Waals surface area (Å²) in [5.41, 5.74) is 2.96. The molecular formula is C20H26N2O2. The quantitative estimate of drug-likeness (QED) is 0.784. The zero-order valence-electron chi connectivity index (χ0n) is 14.6. The number of aromatic nitrogens is 1. The second kappa shape index (κ2) is 7.67. The first-order valence-corrected chi connectivity index (χ1v) is 8.80. The third kappa shape index (κ3) is 3.70. The van der Waals surface area contributed by atoms with E-state index in [9.17, 15) is 4.79 Å². The summed E-state index contributed by atoms with van der Waals surface area (Å²) in [5.74, 6) is 0.304. The Morgan fingerprint density at radius 2 is 2.00 bits per heavy atom. The van der Waals surface area contributed by atoms with Crippen LogP contribution in [0.25, 0.3) is 11.1 Å². The number of para-hydroxylation sites is 2. The molecule has 1 aromatic heterocycles. The third-order valence-corrected chi connectivity index (χ3v) is 4.88. The number of hydrogen-bond donors (Lipinski definition) is 0. The summed E-state index contributed by atoms with van der Waals surface area (Å²) in [6, 6.07) is 7.68. The first-order valence-electron chi connectivity index (χ1n) is 8.80. The lowest BCUT2D eigenvalue weighted by Gasteiger charge is -2.32. The van der Waals surface area contributed by atoms with Gasteiger partial charge < -0.3 is 4.42 Å². The first kappa shape index (κ1) is 16.8. The molecule has 1 fully saturated rings. The van der Waals surface area contributed by atoms with Gasteiger partial charge in [0, 0.05) is 13.1 Å². The second-order valence-corrected chi connectivity index (χ2v) is 6.53. The predicted molar refractivity (Wildman–Crippen MR) is 98.2 cm³/mol. The highest BCUT2D eigenvalue weighted by molar-refractivity contribution is 5.72. The molecule has 1 aromatic carbocycles. The SMILES string of the molecule is C/C=C\C(=C/C)CN1CCC(Cn2c(=O)oc3ccccc32)CC1. The number of hydrogen-bond acceptors (Lipinski definition) is 3. The lowest BCUT2D eigenvalue weighted by atomic mass is 9.96. The summed E-state index contributed by atoms with van der Waals surface area (Å²) in [7, 11) is 0. The normalized spacial score (nSPS) is 18.0. The van der Waals surface area contributed by atoms with E-state index in [-0.39, 0.29) is 5.76 Å². The zero-order valence-corrected chi connectivity index (χ0v) is 14.6. The Hall–Kier alpha value is -2.07. The van der Waals surface area contributed by atoms with Crippen LogP contribution in [-0.2, 0) is 6.54 Å². The summed E-state index contributed by atoms with van der Waals surface area (Å²) >= 11 is 0. The molecule has 0 radical (unpaired) electrons. The van der Waals surface area contributed by atoms with Crippen LogP contribution in [-0.4, -0.2) is 29.1 Å². The van der Waals surface area contributed by atoms with Crippen molar-refractivity contribution in [2.45, 2.75) is 33.2 Å². The number of benzene rings is 1. The van der Waals surface area contributed by atoms with Gasteiger partial charge in [-0.25, -0.2) is 4.79 Å². The molecule has 0 saturated carbocycles. The molecule has 128 valence electrons. The maximum atomic E-state index is 12.1. The fraction of sp³-hybridized carbons (Fsp3) is 0.450. The molecule has 3 rings (SSSR count). The summed E-state index contributed by atoms with van der Waals surface area (Å²) in [4.78, 5) is 14.6. The molecule has 1 saturated heterocycles. The minimum absolute atomic E-state index is 0.233. The number of allylic oxidation sites excluding steroid dienone is 2. The van der Waals surface area contributed by atoms with E-state index in [4.69, 9.17) is 4.42 Å². The van der Waals surface area contributed by atoms with Crippen molar-refractivity contribution >= 4 is 11.1 Å². The van der Waals surface area contributed by atoms with E-state index in [1.54, 1.807) is 4.57 Å². The minimum Gasteiger partial charge on any atom is -0.408 e. The molecule has 0 amide bonds. The maximum Gasteiger partial charge on any atom is 0.419 e. The Morgan fingerprint density at radius 1 is 1.25 bits per heavy atom. The van der Waals surface area contributed by atoms with E-state index >= 15 is 0 Å². The highest BCUT2D eigenvalue weighted by atomic mass is 16.4. The molecular weight excluding hydrogens is 300 g/mol. The molecule has 4 nitrogen and oxygen atoms in total. The Balaban J connectivity index is 1.61. The molecule has 0 unspecified atom stereocenters. The Labute approximate surface area is 143 Å². The largest absolute Gasteiger partial charge is 0.419 e. The first-order chi connectivity index (χ1) is 11.7. The van der Waals surface area contributed by atoms with Gasteiger partial charge in [0.05, 0.1) is 5.52 Å². The van der Waals surface area contributed by atoms with Crippen molar-refractivity contribution in [3.05, 3.63) is 58.6 Å². The van der Waals surface area contributed by atoms with Crippen molar-refractivity contribution in [1.29, 1.82) is 0 Å². The fourth-order valence-corrected chi connectivity index (χ4v) is 3.48. The zero-order chi connectivity index (χ0) is 16.9. The van der Waals surface area contributed by atoms with Gasteiger partial charge in [-0.2, -0.15) is 0 Å². The molecule has 0 atom stereocenters. The van der Waals surface area contributed by atoms with Crippen molar-refractivity contribution in [2.24, 2.45) is 5.92 Å². The van der Waals surface area contributed by atoms with Crippen LogP contribution in [0.3, 0.4) is 0 Å². The molecule has 2 aromatic rings. The smallest absolute Gasteiger partial charge is 0.408 e. The third-order valence-electron chi connectivity index (χ3n) is 4.88. The van der Waals surface area contributed by atoms with Gasteiger partial charge >= 0.3 is 5.76 Å². The summed E-state index contributed by atoms with van der Waals surface area (Å²) in [6.45, 7) is 8.10. The van der Waals surface area contributed by atoms with E-state index < -0.39 is 0 Å². The van der Waals surface area contributed by atoms with Gasteiger partial charge in [-0.1, -0.05) is 30.4 Å². The molecule has 1 aliphatic rings. The second-order valence-electron chi connectivity index (χ2n) is 6.53. The van der Waals surface area contributed by atoms with Crippen LogP contribution >= 0.6 is 0 Å². The molecule has 24 heavy (non-hydrogen) atoms. The van der Waals surface area contributed by atoms with Gasteiger partial charge in [0.25, 0.3) is 0 Å². The Morgan fingerprint density at radius 3 is 2.71 bits per heavy atom. The number of rotatable bonds is 5. The van der Waals surface area contributed by atoms with Gasteiger partial charge in [-0.3, -0.25) is 9.47 Å². The van der Waals surface area contributed by atoms with E-state index in [1.165, 1.54) is 5.57 Å². The van der Waals surface area contributed by atoms with Crippen molar-refractivity contribution in [3.63, 3.8) is 0 Å². The molecule has 4 heteroatoms. The van der Waals surface area contributed by atoms with Crippen LogP contribution in [0.4, 0.5) is 0 Å². The average Bonchev–Trinajstić information content (AvgIpc) is 2.92. The lowest BCUT2D eigenvalue weighted by molar-refractivity contribution is 0.185. The van der Waals surface area contributed by atoms with Crippen LogP contribution < -0.4 is 5.76 Å². The van der Waals surface area contributed by atoms with Crippen LogP contribution in [0.15, 0.2) is 57.3 Å². The van der Waals surface area contributed by atoms with Gasteiger partial charge in [0.2, 0.25) is 0 Å². The van der Waals surface area contributed by atoms with E-state index in [2.05, 4.69) is 37.0 Å². The van der Waals surface area contributed by atoms with Crippen molar-refractivity contribution < 1.29 is 4.42 Å². The Bertz CT molecular complexity index is 789. The fourth-order valence-electron chi connectivity index (χ4n) is 3.48. The van der Waals surface area contributed by atoms with Gasteiger partial charge in [-0.15, -0.1) is 0 Å². The van der Waals surface area contributed by atoms with Crippen LogP contribution in [0.5, 0.6) is 0 Å². The highest BCUT2D eigenvalue weighted by Gasteiger charge is 2.21. The predicted octanol–water partition coefficient (Wildman–Crippen LogP) is 3.83. The van der Waals surface area contributed by atoms with E-state index in [0.717, 1.165) is 44.5 Å². The minimum atomic E-state index is -0.233. The van der Waals surface area contributed by atoms with E-state index in [0.29, 0.717) is 11.5 Å². The van der Waals surface area contributed by atoms with Crippen LogP contribution in [0, 0.1) is 5.92 Å². The number of piperidine rings is 1. The van der Waals surface area contributed by atoms with Crippen LogP contribution in [0.2, 0.25) is 0 Å². The van der Waals surface area contributed by atoms with Gasteiger partial charge in [0.1, 0.15) is 0 Å². The topological polar surface area (TPSA) is 38.4 Å². The summed E-state index contributed by atoms with van der Waals surface area (Å²) < 4.78 is 7.14. The van der Waals surface area contributed by atoms with Crippen molar-refractivity contribution in [3.8, 4) is 0 Å². The number of nitrogens with zero attached hydrogens (tertiary/aromatic N) is 2. The number of likely N-dealkylation sites (tertiary alicyclic amines) is 1. The summed E-state index contributed by atoms with van der Waals surface area (Å²) in [6.07, 6.45) is 8.71. The monoisotopic (exact) mass is 326 g/mol. The molecule has 0 spiro atoms. The molecule has 1 aliphatic heterocycles. The maximum absolute atomic E-state index is 12.1. The number of oxazole rings is 1. The van der Waals surface area contributed by atoms with Crippen molar-refractivity contribution in [2.75, 3.05) is 19.6 Å². The average molecular weight is 326 g/mol. The molecule has 0 bridgehead atoms. The number of fused-ring (bicyclic) bond motifs is 1. The Kier molecular flexibility index (Phi) is 5.36. The standard InChI is InChI=1S/C20H26N2O2/c1-3-7-16(4-2)14-21-12-10-17(11-13-21)15-22-18-8-5-6-9-19(18)24-20(22)23/h3-9,17H,10-15H2,1-2H3/b7-3-,16-4+. The molecule has 0 aliphatic carbocycles. The van der Waals surface area contributed by atoms with Crippen LogP contribution in [0.1, 0.15) is 26.7 Å². The molecule has 0 N–H and O–H groups in total. The highest BCUT2D eigenvalue weighted by Crippen LogP contribution is 2.22.